The zero-order valence-electron chi connectivity index (χ0n) is 14.3. The molecule has 0 atom stereocenters. The first-order valence-corrected chi connectivity index (χ1v) is 8.16. The van der Waals surface area contributed by atoms with E-state index in [1.807, 2.05) is 0 Å². The Labute approximate surface area is 153 Å². The van der Waals surface area contributed by atoms with Crippen LogP contribution in [-0.4, -0.2) is 39.2 Å². The lowest BCUT2D eigenvalue weighted by atomic mass is 10.1. The number of anilines is 1. The van der Waals surface area contributed by atoms with Crippen LogP contribution in [-0.2, 0) is 11.3 Å². The Balaban J connectivity index is 1.56. The monoisotopic (exact) mass is 362 g/mol. The Bertz CT molecular complexity index is 1180. The zero-order valence-corrected chi connectivity index (χ0v) is 14.3. The van der Waals surface area contributed by atoms with Crippen LogP contribution in [0.1, 0.15) is 20.7 Å². The maximum absolute atomic E-state index is 12.4. The third-order valence-corrected chi connectivity index (χ3v) is 4.42. The average Bonchev–Trinajstić information content (AvgIpc) is 2.88. The summed E-state index contributed by atoms with van der Waals surface area (Å²) < 4.78 is 1.22. The number of nitrogens with zero attached hydrogens (tertiary/aromatic N) is 3. The summed E-state index contributed by atoms with van der Waals surface area (Å²) >= 11 is 0. The molecule has 0 saturated carbocycles. The van der Waals surface area contributed by atoms with Crippen molar-refractivity contribution in [2.24, 2.45) is 0 Å². The summed E-state index contributed by atoms with van der Waals surface area (Å²) in [5, 5.41) is 3.07. The normalized spacial score (nSPS) is 13.1. The van der Waals surface area contributed by atoms with E-state index in [1.54, 1.807) is 30.3 Å². The number of rotatable bonds is 3. The van der Waals surface area contributed by atoms with E-state index in [0.29, 0.717) is 22.2 Å². The number of hydrogen-bond donors (Lipinski definition) is 1. The Morgan fingerprint density at radius 3 is 2.59 bits per heavy atom. The van der Waals surface area contributed by atoms with Crippen LogP contribution >= 0.6 is 0 Å². The topological polar surface area (TPSA) is 101 Å². The number of aromatic nitrogens is 2. The molecule has 134 valence electrons. The number of amides is 3. The van der Waals surface area contributed by atoms with Crippen molar-refractivity contribution < 1.29 is 14.4 Å². The van der Waals surface area contributed by atoms with E-state index >= 15 is 0 Å². The molecule has 0 spiro atoms. The first-order valence-electron chi connectivity index (χ1n) is 8.16. The molecule has 1 aliphatic rings. The van der Waals surface area contributed by atoms with Crippen molar-refractivity contribution >= 4 is 34.3 Å². The number of para-hydroxylation sites is 1. The van der Waals surface area contributed by atoms with Gasteiger partial charge in [0.2, 0.25) is 5.91 Å². The lowest BCUT2D eigenvalue weighted by molar-refractivity contribution is -0.116. The van der Waals surface area contributed by atoms with Gasteiger partial charge in [-0.25, -0.2) is 4.98 Å². The summed E-state index contributed by atoms with van der Waals surface area (Å²) in [6.45, 7) is -0.222. The van der Waals surface area contributed by atoms with Crippen molar-refractivity contribution in [2.45, 2.75) is 6.54 Å². The lowest BCUT2D eigenvalue weighted by Gasteiger charge is -2.08. The average molecular weight is 362 g/mol. The van der Waals surface area contributed by atoms with E-state index in [-0.39, 0.29) is 23.6 Å². The largest absolute Gasteiger partial charge is 0.325 e. The number of imide groups is 1. The molecule has 0 unspecified atom stereocenters. The molecule has 0 aliphatic carbocycles. The van der Waals surface area contributed by atoms with Gasteiger partial charge in [-0.05, 0) is 30.3 Å². The van der Waals surface area contributed by atoms with Crippen molar-refractivity contribution in [3.8, 4) is 0 Å². The molecule has 1 N–H and O–H groups in total. The summed E-state index contributed by atoms with van der Waals surface area (Å²) in [7, 11) is 1.40. The minimum Gasteiger partial charge on any atom is -0.325 e. The third kappa shape index (κ3) is 2.77. The first-order chi connectivity index (χ1) is 13.0. The van der Waals surface area contributed by atoms with Crippen LogP contribution in [0.5, 0.6) is 0 Å². The summed E-state index contributed by atoms with van der Waals surface area (Å²) in [5.74, 6) is -1.23. The number of hydrogen-bond acceptors (Lipinski definition) is 5. The van der Waals surface area contributed by atoms with E-state index in [9.17, 15) is 19.2 Å². The van der Waals surface area contributed by atoms with Crippen LogP contribution in [0.15, 0.2) is 53.6 Å². The van der Waals surface area contributed by atoms with Crippen molar-refractivity contribution in [3.05, 3.63) is 70.3 Å². The number of carbonyl (C=O) groups is 3. The second-order valence-corrected chi connectivity index (χ2v) is 6.17. The second-order valence-electron chi connectivity index (χ2n) is 6.17. The summed E-state index contributed by atoms with van der Waals surface area (Å²) in [5.41, 5.74) is 1.16. The standard InChI is InChI=1S/C19H14N4O4/c1-22-17(25)12-7-6-11(8-14(12)18(22)26)21-16(24)9-23-10-20-15-5-3-2-4-13(15)19(23)27/h2-8,10H,9H2,1H3,(H,21,24). The minimum atomic E-state index is -0.445. The molecule has 0 saturated heterocycles. The van der Waals surface area contributed by atoms with Gasteiger partial charge in [-0.15, -0.1) is 0 Å². The smallest absolute Gasteiger partial charge is 0.261 e. The maximum Gasteiger partial charge on any atom is 0.261 e. The molecule has 27 heavy (non-hydrogen) atoms. The SMILES string of the molecule is CN1C(=O)c2ccc(NC(=O)Cn3cnc4ccccc4c3=O)cc2C1=O. The Morgan fingerprint density at radius 1 is 1.04 bits per heavy atom. The summed E-state index contributed by atoms with van der Waals surface area (Å²) in [4.78, 5) is 53.9. The lowest BCUT2D eigenvalue weighted by Crippen LogP contribution is -2.28. The molecular formula is C19H14N4O4. The van der Waals surface area contributed by atoms with Crippen molar-refractivity contribution in [1.82, 2.24) is 14.5 Å². The number of nitrogens with one attached hydrogen (secondary N) is 1. The summed E-state index contributed by atoms with van der Waals surface area (Å²) in [6, 6.07) is 11.4. The van der Waals surface area contributed by atoms with E-state index < -0.39 is 11.8 Å². The van der Waals surface area contributed by atoms with Gasteiger partial charge in [0.15, 0.2) is 0 Å². The van der Waals surface area contributed by atoms with E-state index in [0.717, 1.165) is 4.90 Å². The van der Waals surface area contributed by atoms with E-state index in [1.165, 1.54) is 30.1 Å². The zero-order chi connectivity index (χ0) is 19.1. The van der Waals surface area contributed by atoms with Crippen molar-refractivity contribution in [3.63, 3.8) is 0 Å². The Hall–Kier alpha value is -3.81. The molecule has 1 aromatic heterocycles. The highest BCUT2D eigenvalue weighted by Gasteiger charge is 2.32. The molecule has 2 aromatic carbocycles. The Morgan fingerprint density at radius 2 is 1.78 bits per heavy atom. The highest BCUT2D eigenvalue weighted by Crippen LogP contribution is 2.24. The third-order valence-electron chi connectivity index (χ3n) is 4.42. The first kappa shape index (κ1) is 16.6. The van der Waals surface area contributed by atoms with Crippen LogP contribution in [0.2, 0.25) is 0 Å². The molecule has 1 aliphatic heterocycles. The van der Waals surface area contributed by atoms with Gasteiger partial charge in [0.05, 0.1) is 28.4 Å². The van der Waals surface area contributed by atoms with Gasteiger partial charge >= 0.3 is 0 Å². The van der Waals surface area contributed by atoms with Gasteiger partial charge in [-0.1, -0.05) is 12.1 Å². The van der Waals surface area contributed by atoms with E-state index in [2.05, 4.69) is 10.3 Å². The highest BCUT2D eigenvalue weighted by molar-refractivity contribution is 6.21. The van der Waals surface area contributed by atoms with Gasteiger partial charge in [0.25, 0.3) is 17.4 Å². The fourth-order valence-corrected chi connectivity index (χ4v) is 3.01. The number of benzene rings is 2. The van der Waals surface area contributed by atoms with Crippen LogP contribution in [0.4, 0.5) is 5.69 Å². The predicted octanol–water partition coefficient (Wildman–Crippen LogP) is 1.26. The van der Waals surface area contributed by atoms with Crippen LogP contribution < -0.4 is 10.9 Å². The predicted molar refractivity (Wildman–Crippen MR) is 97.5 cm³/mol. The van der Waals surface area contributed by atoms with Crippen molar-refractivity contribution in [2.75, 3.05) is 12.4 Å². The molecule has 8 heteroatoms. The van der Waals surface area contributed by atoms with Crippen LogP contribution in [0.25, 0.3) is 10.9 Å². The summed E-state index contributed by atoms with van der Waals surface area (Å²) in [6.07, 6.45) is 1.32. The molecule has 3 amide bonds. The quantitative estimate of drug-likeness (QED) is 0.707. The van der Waals surface area contributed by atoms with E-state index in [4.69, 9.17) is 0 Å². The fraction of sp³-hybridized carbons (Fsp3) is 0.105. The molecule has 4 rings (SSSR count). The number of fused-ring (bicyclic) bond motifs is 2. The van der Waals surface area contributed by atoms with Crippen LogP contribution in [0.3, 0.4) is 0 Å². The van der Waals surface area contributed by atoms with Gasteiger partial charge in [-0.2, -0.15) is 0 Å². The van der Waals surface area contributed by atoms with Crippen molar-refractivity contribution in [1.29, 1.82) is 0 Å². The maximum atomic E-state index is 12.4. The minimum absolute atomic E-state index is 0.222. The highest BCUT2D eigenvalue weighted by atomic mass is 16.2. The molecule has 0 bridgehead atoms. The molecular weight excluding hydrogens is 348 g/mol. The fourth-order valence-electron chi connectivity index (χ4n) is 3.01. The van der Waals surface area contributed by atoms with Gasteiger partial charge in [-0.3, -0.25) is 28.6 Å². The second kappa shape index (κ2) is 6.17. The molecule has 0 radical (unpaired) electrons. The number of carbonyl (C=O) groups excluding carboxylic acids is 3. The molecule has 8 nitrogen and oxygen atoms in total. The van der Waals surface area contributed by atoms with Gasteiger partial charge in [0.1, 0.15) is 6.54 Å². The van der Waals surface area contributed by atoms with Crippen LogP contribution in [0, 0.1) is 0 Å². The van der Waals surface area contributed by atoms with Gasteiger partial charge in [0, 0.05) is 12.7 Å². The molecule has 0 fully saturated rings. The van der Waals surface area contributed by atoms with Gasteiger partial charge < -0.3 is 5.32 Å². The molecule has 3 aromatic rings. The molecule has 2 heterocycles. The Kier molecular flexibility index (Phi) is 3.80.